The topological polar surface area (TPSA) is 55.4 Å². The minimum atomic E-state index is 0.0991. The highest BCUT2D eigenvalue weighted by Gasteiger charge is 2.35. The molecule has 2 aliphatic rings. The molecule has 6 nitrogen and oxygen atoms in total. The zero-order valence-corrected chi connectivity index (χ0v) is 15.9. The lowest BCUT2D eigenvalue weighted by Crippen LogP contribution is -2.48. The normalized spacial score (nSPS) is 22.3. The molecule has 0 spiro atoms. The first-order valence-electron chi connectivity index (χ1n) is 9.85. The number of aromatic nitrogens is 4. The Hall–Kier alpha value is -2.47. The largest absolute Gasteiger partial charge is 0.312 e. The van der Waals surface area contributed by atoms with Crippen molar-refractivity contribution in [1.82, 2.24) is 24.1 Å². The standard InChI is InChI=1S/C21H25N5O/c1-14(2)10-24-11-15-7-17(13-24)19-8-16(9-21(27)25(19)12-15)18-3-4-20-22-5-6-26(20)23-18/h3-6,8-9,14-15,17H,7,10-13H2,1-2H3/t15-,17+/m0/s1. The highest BCUT2D eigenvalue weighted by molar-refractivity contribution is 5.60. The first kappa shape index (κ1) is 16.7. The maximum atomic E-state index is 12.9. The van der Waals surface area contributed by atoms with Crippen LogP contribution < -0.4 is 5.56 Å². The lowest BCUT2D eigenvalue weighted by atomic mass is 9.82. The predicted molar refractivity (Wildman–Crippen MR) is 105 cm³/mol. The summed E-state index contributed by atoms with van der Waals surface area (Å²) in [6, 6.07) is 7.82. The van der Waals surface area contributed by atoms with Gasteiger partial charge in [0.1, 0.15) is 0 Å². The summed E-state index contributed by atoms with van der Waals surface area (Å²) in [6.07, 6.45) is 4.75. The van der Waals surface area contributed by atoms with Crippen LogP contribution in [-0.2, 0) is 6.54 Å². The molecule has 2 bridgehead atoms. The average Bonchev–Trinajstić information content (AvgIpc) is 3.09. The minimum absolute atomic E-state index is 0.0991. The van der Waals surface area contributed by atoms with Crippen LogP contribution in [0.15, 0.2) is 41.5 Å². The van der Waals surface area contributed by atoms with Crippen LogP contribution in [0.3, 0.4) is 0 Å². The molecule has 2 aliphatic heterocycles. The molecule has 1 saturated heterocycles. The van der Waals surface area contributed by atoms with Crippen LogP contribution in [-0.4, -0.2) is 43.7 Å². The van der Waals surface area contributed by atoms with Crippen molar-refractivity contribution in [3.63, 3.8) is 0 Å². The predicted octanol–water partition coefficient (Wildman–Crippen LogP) is 2.63. The Morgan fingerprint density at radius 2 is 2.07 bits per heavy atom. The van der Waals surface area contributed by atoms with E-state index >= 15 is 0 Å². The molecular weight excluding hydrogens is 338 g/mol. The summed E-state index contributed by atoms with van der Waals surface area (Å²) in [5, 5.41) is 4.63. The van der Waals surface area contributed by atoms with Gasteiger partial charge in [0.15, 0.2) is 5.65 Å². The van der Waals surface area contributed by atoms with Gasteiger partial charge >= 0.3 is 0 Å². The summed E-state index contributed by atoms with van der Waals surface area (Å²) in [4.78, 5) is 19.7. The quantitative estimate of drug-likeness (QED) is 0.718. The van der Waals surface area contributed by atoms with Crippen molar-refractivity contribution in [2.45, 2.75) is 32.7 Å². The van der Waals surface area contributed by atoms with E-state index in [1.54, 1.807) is 16.8 Å². The van der Waals surface area contributed by atoms with E-state index in [4.69, 9.17) is 0 Å². The number of imidazole rings is 1. The number of hydrogen-bond donors (Lipinski definition) is 0. The maximum absolute atomic E-state index is 12.9. The molecule has 2 atom stereocenters. The molecular formula is C21H25N5O. The summed E-state index contributed by atoms with van der Waals surface area (Å²) in [7, 11) is 0. The van der Waals surface area contributed by atoms with Crippen molar-refractivity contribution in [2.24, 2.45) is 11.8 Å². The molecule has 0 unspecified atom stereocenters. The van der Waals surface area contributed by atoms with Crippen LogP contribution in [0, 0.1) is 11.8 Å². The number of fused-ring (bicyclic) bond motifs is 5. The van der Waals surface area contributed by atoms with E-state index in [0.717, 1.165) is 43.1 Å². The Kier molecular flexibility index (Phi) is 3.90. The summed E-state index contributed by atoms with van der Waals surface area (Å²) in [5.74, 6) is 1.68. The molecule has 27 heavy (non-hydrogen) atoms. The van der Waals surface area contributed by atoms with Crippen molar-refractivity contribution < 1.29 is 0 Å². The van der Waals surface area contributed by atoms with Crippen LogP contribution in [0.5, 0.6) is 0 Å². The van der Waals surface area contributed by atoms with Gasteiger partial charge in [-0.15, -0.1) is 0 Å². The van der Waals surface area contributed by atoms with E-state index in [9.17, 15) is 4.79 Å². The number of pyridine rings is 1. The Morgan fingerprint density at radius 1 is 1.19 bits per heavy atom. The van der Waals surface area contributed by atoms with Gasteiger partial charge in [-0.25, -0.2) is 9.50 Å². The molecule has 0 aliphatic carbocycles. The van der Waals surface area contributed by atoms with Gasteiger partial charge in [0.25, 0.3) is 5.56 Å². The van der Waals surface area contributed by atoms with Gasteiger partial charge in [-0.3, -0.25) is 4.79 Å². The van der Waals surface area contributed by atoms with Gasteiger partial charge in [0.2, 0.25) is 0 Å². The fraction of sp³-hybridized carbons (Fsp3) is 0.476. The van der Waals surface area contributed by atoms with Gasteiger partial charge in [-0.05, 0) is 36.5 Å². The minimum Gasteiger partial charge on any atom is -0.312 e. The monoisotopic (exact) mass is 363 g/mol. The molecule has 6 heteroatoms. The van der Waals surface area contributed by atoms with Crippen LogP contribution >= 0.6 is 0 Å². The first-order chi connectivity index (χ1) is 13.1. The van der Waals surface area contributed by atoms with Gasteiger partial charge in [-0.1, -0.05) is 13.8 Å². The van der Waals surface area contributed by atoms with E-state index in [1.165, 1.54) is 12.1 Å². The van der Waals surface area contributed by atoms with E-state index in [0.29, 0.717) is 17.8 Å². The Bertz CT molecular complexity index is 1050. The summed E-state index contributed by atoms with van der Waals surface area (Å²) < 4.78 is 3.76. The molecule has 0 saturated carbocycles. The summed E-state index contributed by atoms with van der Waals surface area (Å²) in [5.41, 5.74) is 3.81. The highest BCUT2D eigenvalue weighted by atomic mass is 16.1. The molecule has 1 fully saturated rings. The highest BCUT2D eigenvalue weighted by Crippen LogP contribution is 2.36. The second kappa shape index (κ2) is 6.30. The van der Waals surface area contributed by atoms with Gasteiger partial charge in [0, 0.05) is 61.8 Å². The van der Waals surface area contributed by atoms with Crippen molar-refractivity contribution in [2.75, 3.05) is 19.6 Å². The van der Waals surface area contributed by atoms with Crippen molar-refractivity contribution in [3.05, 3.63) is 52.7 Å². The smallest absolute Gasteiger partial charge is 0.251 e. The van der Waals surface area contributed by atoms with Gasteiger partial charge in [0.05, 0.1) is 5.69 Å². The average molecular weight is 363 g/mol. The number of rotatable bonds is 3. The van der Waals surface area contributed by atoms with Crippen molar-refractivity contribution >= 4 is 5.65 Å². The molecule has 3 aromatic rings. The zero-order valence-electron chi connectivity index (χ0n) is 15.9. The summed E-state index contributed by atoms with van der Waals surface area (Å²) in [6.45, 7) is 8.69. The zero-order chi connectivity index (χ0) is 18.5. The molecule has 0 aromatic carbocycles. The molecule has 5 heterocycles. The molecule has 0 amide bonds. The lowest BCUT2D eigenvalue weighted by Gasteiger charge is -2.43. The third-order valence-corrected chi connectivity index (χ3v) is 5.81. The fourth-order valence-electron chi connectivity index (χ4n) is 4.84. The molecule has 3 aromatic heterocycles. The third-order valence-electron chi connectivity index (χ3n) is 5.81. The van der Waals surface area contributed by atoms with Crippen LogP contribution in [0.25, 0.3) is 16.9 Å². The van der Waals surface area contributed by atoms with Crippen LogP contribution in [0.4, 0.5) is 0 Å². The van der Waals surface area contributed by atoms with Crippen molar-refractivity contribution in [3.8, 4) is 11.3 Å². The Labute approximate surface area is 158 Å². The number of hydrogen-bond acceptors (Lipinski definition) is 4. The van der Waals surface area contributed by atoms with Crippen LogP contribution in [0.2, 0.25) is 0 Å². The first-order valence-corrected chi connectivity index (χ1v) is 9.85. The number of nitrogens with zero attached hydrogens (tertiary/aromatic N) is 5. The Balaban J connectivity index is 1.54. The molecule has 5 rings (SSSR count). The maximum Gasteiger partial charge on any atom is 0.251 e. The SMILES string of the molecule is CC(C)CN1C[C@@H]2C[C@H](C1)c1cc(-c3ccc4nccn4n3)cc(=O)n1C2. The van der Waals surface area contributed by atoms with Gasteiger partial charge < -0.3 is 9.47 Å². The van der Waals surface area contributed by atoms with E-state index in [-0.39, 0.29) is 5.56 Å². The third kappa shape index (κ3) is 2.98. The van der Waals surface area contributed by atoms with Crippen LogP contribution in [0.1, 0.15) is 31.9 Å². The Morgan fingerprint density at radius 3 is 2.93 bits per heavy atom. The second-order valence-corrected chi connectivity index (χ2v) is 8.48. The van der Waals surface area contributed by atoms with Gasteiger partial charge in [-0.2, -0.15) is 5.10 Å². The second-order valence-electron chi connectivity index (χ2n) is 8.48. The fourth-order valence-corrected chi connectivity index (χ4v) is 4.84. The molecule has 140 valence electrons. The number of likely N-dealkylation sites (tertiary alicyclic amines) is 1. The van der Waals surface area contributed by atoms with E-state index < -0.39 is 0 Å². The van der Waals surface area contributed by atoms with E-state index in [1.807, 2.05) is 22.9 Å². The van der Waals surface area contributed by atoms with Crippen molar-refractivity contribution in [1.29, 1.82) is 0 Å². The molecule has 0 N–H and O–H groups in total. The summed E-state index contributed by atoms with van der Waals surface area (Å²) >= 11 is 0. The lowest BCUT2D eigenvalue weighted by molar-refractivity contribution is 0.109. The molecule has 0 radical (unpaired) electrons. The van der Waals surface area contributed by atoms with E-state index in [2.05, 4.69) is 34.9 Å². The number of piperidine rings is 1.